The Morgan fingerprint density at radius 2 is 1.48 bits per heavy atom. The van der Waals surface area contributed by atoms with Gasteiger partial charge in [0, 0.05) is 0 Å². The van der Waals surface area contributed by atoms with E-state index in [1.165, 1.54) is 12.1 Å². The second-order valence-corrected chi connectivity index (χ2v) is 6.86. The molecule has 5 heteroatoms. The van der Waals surface area contributed by atoms with Crippen molar-refractivity contribution in [2.24, 2.45) is 0 Å². The Hall–Kier alpha value is -2.98. The lowest BCUT2D eigenvalue weighted by molar-refractivity contribution is 0.343. The average molecular weight is 413 g/mol. The molecule has 0 aliphatic heterocycles. The zero-order valence-electron chi connectivity index (χ0n) is 16.0. The molecule has 3 nitrogen and oxygen atoms in total. The molecule has 0 bridgehead atoms. The molecule has 0 spiro atoms. The predicted octanol–water partition coefficient (Wildman–Crippen LogP) is 6.22. The van der Waals surface area contributed by atoms with Gasteiger partial charge in [0.15, 0.2) is 11.6 Å². The molecule has 0 unspecified atom stereocenters. The minimum Gasteiger partial charge on any atom is -0.508 e. The first-order chi connectivity index (χ1) is 14.0. The molecule has 29 heavy (non-hydrogen) atoms. The number of allylic oxidation sites excluding steroid dienone is 1. The van der Waals surface area contributed by atoms with Crippen LogP contribution in [0.4, 0.5) is 4.39 Å². The van der Waals surface area contributed by atoms with E-state index in [1.807, 2.05) is 43.3 Å². The quantitative estimate of drug-likeness (QED) is 0.357. The van der Waals surface area contributed by atoms with Crippen LogP contribution in [0.25, 0.3) is 11.1 Å². The summed E-state index contributed by atoms with van der Waals surface area (Å²) in [5.41, 5.74) is 4.35. The van der Waals surface area contributed by atoms with Gasteiger partial charge in [0.05, 0.1) is 5.88 Å². The van der Waals surface area contributed by atoms with Crippen molar-refractivity contribution in [2.45, 2.75) is 13.3 Å². The lowest BCUT2D eigenvalue weighted by atomic mass is 9.88. The summed E-state index contributed by atoms with van der Waals surface area (Å²) in [5.74, 6) is 0.256. The molecule has 0 heterocycles. The Kier molecular flexibility index (Phi) is 6.78. The van der Waals surface area contributed by atoms with Gasteiger partial charge in [0.25, 0.3) is 0 Å². The summed E-state index contributed by atoms with van der Waals surface area (Å²) in [5, 5.41) is 19.2. The molecule has 3 rings (SSSR count). The third kappa shape index (κ3) is 4.90. The van der Waals surface area contributed by atoms with Gasteiger partial charge in [0.1, 0.15) is 18.1 Å². The maximum atomic E-state index is 14.0. The molecule has 0 aliphatic carbocycles. The van der Waals surface area contributed by atoms with Crippen LogP contribution < -0.4 is 4.74 Å². The Morgan fingerprint density at radius 1 is 0.897 bits per heavy atom. The van der Waals surface area contributed by atoms with Crippen LogP contribution in [-0.4, -0.2) is 22.7 Å². The molecule has 3 aromatic rings. The number of phenolic OH excluding ortho intramolecular Hbond substituents is 2. The van der Waals surface area contributed by atoms with Crippen molar-refractivity contribution in [1.82, 2.24) is 0 Å². The van der Waals surface area contributed by atoms with Crippen LogP contribution in [-0.2, 0) is 0 Å². The molecule has 0 fully saturated rings. The molecule has 0 aliphatic rings. The van der Waals surface area contributed by atoms with E-state index in [9.17, 15) is 14.6 Å². The molecule has 2 N–H and O–H groups in total. The fourth-order valence-corrected chi connectivity index (χ4v) is 3.31. The van der Waals surface area contributed by atoms with Crippen LogP contribution in [0, 0.1) is 5.82 Å². The summed E-state index contributed by atoms with van der Waals surface area (Å²) >= 11 is 5.68. The summed E-state index contributed by atoms with van der Waals surface area (Å²) in [6.07, 6.45) is 0.644. The first-order valence-corrected chi connectivity index (χ1v) is 9.87. The number of ether oxygens (including phenoxy) is 1. The number of benzene rings is 3. The Bertz CT molecular complexity index is 996. The van der Waals surface area contributed by atoms with Crippen molar-refractivity contribution >= 4 is 22.7 Å². The number of aromatic hydroxyl groups is 2. The van der Waals surface area contributed by atoms with Gasteiger partial charge in [-0.15, -0.1) is 11.6 Å². The number of phenols is 2. The monoisotopic (exact) mass is 412 g/mol. The first kappa shape index (κ1) is 20.7. The number of alkyl halides is 1. The zero-order chi connectivity index (χ0) is 20.8. The van der Waals surface area contributed by atoms with E-state index in [1.54, 1.807) is 18.2 Å². The minimum absolute atomic E-state index is 0.173. The number of hydrogen-bond donors (Lipinski definition) is 2. The second kappa shape index (κ2) is 9.48. The molecule has 0 saturated heterocycles. The van der Waals surface area contributed by atoms with Crippen molar-refractivity contribution in [2.75, 3.05) is 12.5 Å². The van der Waals surface area contributed by atoms with Crippen molar-refractivity contribution in [3.63, 3.8) is 0 Å². The topological polar surface area (TPSA) is 49.7 Å². The maximum Gasteiger partial charge on any atom is 0.165 e. The van der Waals surface area contributed by atoms with Gasteiger partial charge in [-0.3, -0.25) is 0 Å². The summed E-state index contributed by atoms with van der Waals surface area (Å²) < 4.78 is 19.6. The van der Waals surface area contributed by atoms with Crippen molar-refractivity contribution in [3.8, 4) is 17.2 Å². The Labute approximate surface area is 174 Å². The standard InChI is InChI=1S/C24H22ClFO3/c1-2-21(18-7-12-23(28)22(26)15-18)24(16-3-8-19(27)9-4-16)17-5-10-20(11-6-17)29-14-13-25/h3-12,15,27-28H,2,13-14H2,1H3/b24-21+. The highest BCUT2D eigenvalue weighted by Crippen LogP contribution is 2.36. The van der Waals surface area contributed by atoms with Gasteiger partial charge in [0.2, 0.25) is 0 Å². The molecule has 0 amide bonds. The van der Waals surface area contributed by atoms with E-state index < -0.39 is 5.82 Å². The van der Waals surface area contributed by atoms with Gasteiger partial charge < -0.3 is 14.9 Å². The molecule has 0 aromatic heterocycles. The molecule has 0 radical (unpaired) electrons. The molecule has 0 saturated carbocycles. The van der Waals surface area contributed by atoms with Crippen LogP contribution in [0.15, 0.2) is 66.7 Å². The highest BCUT2D eigenvalue weighted by molar-refractivity contribution is 6.18. The Morgan fingerprint density at radius 3 is 2.03 bits per heavy atom. The van der Waals surface area contributed by atoms with E-state index in [0.29, 0.717) is 30.2 Å². The van der Waals surface area contributed by atoms with Gasteiger partial charge in [-0.25, -0.2) is 4.39 Å². The van der Waals surface area contributed by atoms with E-state index in [2.05, 4.69) is 0 Å². The fraction of sp³-hybridized carbons (Fsp3) is 0.167. The third-order valence-corrected chi connectivity index (χ3v) is 4.75. The first-order valence-electron chi connectivity index (χ1n) is 9.34. The minimum atomic E-state index is -0.664. The summed E-state index contributed by atoms with van der Waals surface area (Å²) in [4.78, 5) is 0. The van der Waals surface area contributed by atoms with Gasteiger partial charge in [-0.1, -0.05) is 37.3 Å². The van der Waals surface area contributed by atoms with Gasteiger partial charge in [-0.05, 0) is 70.7 Å². The average Bonchev–Trinajstić information content (AvgIpc) is 2.74. The number of halogens is 2. The van der Waals surface area contributed by atoms with Crippen molar-refractivity contribution in [1.29, 1.82) is 0 Å². The van der Waals surface area contributed by atoms with Crippen molar-refractivity contribution < 1.29 is 19.3 Å². The van der Waals surface area contributed by atoms with E-state index in [-0.39, 0.29) is 11.5 Å². The van der Waals surface area contributed by atoms with E-state index in [4.69, 9.17) is 16.3 Å². The largest absolute Gasteiger partial charge is 0.508 e. The van der Waals surface area contributed by atoms with E-state index >= 15 is 0 Å². The molecular weight excluding hydrogens is 391 g/mol. The lowest BCUT2D eigenvalue weighted by Crippen LogP contribution is -1.99. The van der Waals surface area contributed by atoms with Crippen LogP contribution in [0.1, 0.15) is 30.0 Å². The predicted molar refractivity (Wildman–Crippen MR) is 115 cm³/mol. The van der Waals surface area contributed by atoms with Crippen LogP contribution in [0.3, 0.4) is 0 Å². The number of hydrogen-bond acceptors (Lipinski definition) is 3. The number of rotatable bonds is 7. The van der Waals surface area contributed by atoms with E-state index in [0.717, 1.165) is 22.3 Å². The molecule has 150 valence electrons. The second-order valence-electron chi connectivity index (χ2n) is 6.48. The molecule has 3 aromatic carbocycles. The summed E-state index contributed by atoms with van der Waals surface area (Å²) in [6.45, 7) is 2.42. The summed E-state index contributed by atoms with van der Waals surface area (Å²) in [6, 6.07) is 18.9. The van der Waals surface area contributed by atoms with Crippen LogP contribution in [0.2, 0.25) is 0 Å². The Balaban J connectivity index is 2.17. The SMILES string of the molecule is CC/C(=C(/c1ccc(O)cc1)c1ccc(OCCCl)cc1)c1ccc(O)c(F)c1. The fourth-order valence-electron chi connectivity index (χ4n) is 3.24. The van der Waals surface area contributed by atoms with Crippen LogP contribution in [0.5, 0.6) is 17.2 Å². The van der Waals surface area contributed by atoms with Crippen molar-refractivity contribution in [3.05, 3.63) is 89.2 Å². The molecule has 0 atom stereocenters. The van der Waals surface area contributed by atoms with Gasteiger partial charge >= 0.3 is 0 Å². The lowest BCUT2D eigenvalue weighted by Gasteiger charge is -2.17. The third-order valence-electron chi connectivity index (χ3n) is 4.60. The zero-order valence-corrected chi connectivity index (χ0v) is 16.8. The normalized spacial score (nSPS) is 11.8. The van der Waals surface area contributed by atoms with Crippen LogP contribution >= 0.6 is 11.6 Å². The summed E-state index contributed by atoms with van der Waals surface area (Å²) in [7, 11) is 0. The maximum absolute atomic E-state index is 14.0. The highest BCUT2D eigenvalue weighted by atomic mass is 35.5. The van der Waals surface area contributed by atoms with Gasteiger partial charge in [-0.2, -0.15) is 0 Å². The molecular formula is C24H22ClFO3. The highest BCUT2D eigenvalue weighted by Gasteiger charge is 2.15. The smallest absolute Gasteiger partial charge is 0.165 e.